The summed E-state index contributed by atoms with van der Waals surface area (Å²) in [5, 5.41) is 5.40. The zero-order chi connectivity index (χ0) is 25.5. The maximum absolute atomic E-state index is 13.8. The zero-order valence-corrected chi connectivity index (χ0v) is 20.6. The number of fused-ring (bicyclic) bond motifs is 3. The highest BCUT2D eigenvalue weighted by Crippen LogP contribution is 2.36. The van der Waals surface area contributed by atoms with E-state index in [1.807, 2.05) is 66.7 Å². The monoisotopic (exact) mass is 490 g/mol. The Morgan fingerprint density at radius 3 is 2.46 bits per heavy atom. The molecular formula is C31H26N2O4. The maximum Gasteiger partial charge on any atom is 0.333 e. The summed E-state index contributed by atoms with van der Waals surface area (Å²) in [4.78, 5) is 30.2. The van der Waals surface area contributed by atoms with Gasteiger partial charge in [0.25, 0.3) is 5.56 Å². The molecule has 4 aromatic carbocycles. The van der Waals surface area contributed by atoms with Gasteiger partial charge in [0.15, 0.2) is 0 Å². The van der Waals surface area contributed by atoms with Crippen molar-refractivity contribution in [1.29, 1.82) is 0 Å². The lowest BCUT2D eigenvalue weighted by Crippen LogP contribution is -2.16. The molecule has 0 spiro atoms. The van der Waals surface area contributed by atoms with Crippen LogP contribution in [0.25, 0.3) is 49.0 Å². The van der Waals surface area contributed by atoms with E-state index in [1.54, 1.807) is 11.3 Å². The minimum absolute atomic E-state index is 0.0830. The van der Waals surface area contributed by atoms with E-state index in [1.165, 1.54) is 0 Å². The average Bonchev–Trinajstić information content (AvgIpc) is 2.91. The average molecular weight is 491 g/mol. The summed E-state index contributed by atoms with van der Waals surface area (Å²) in [6.07, 6.45) is 2.47. The fourth-order valence-corrected chi connectivity index (χ4v) is 5.09. The van der Waals surface area contributed by atoms with Crippen LogP contribution in [0.3, 0.4) is 0 Å². The van der Waals surface area contributed by atoms with Crippen LogP contribution in [0.2, 0.25) is 0 Å². The number of hydrogen-bond donors (Lipinski definition) is 0. The van der Waals surface area contributed by atoms with Crippen molar-refractivity contribution in [3.8, 4) is 5.75 Å². The van der Waals surface area contributed by atoms with Crippen LogP contribution in [0.4, 0.5) is 0 Å². The molecule has 6 heteroatoms. The summed E-state index contributed by atoms with van der Waals surface area (Å²) in [6.45, 7) is 6.14. The van der Waals surface area contributed by atoms with Crippen molar-refractivity contribution in [2.24, 2.45) is 0 Å². The molecule has 0 saturated carbocycles. The molecule has 6 rings (SSSR count). The van der Waals surface area contributed by atoms with Crippen molar-refractivity contribution in [3.63, 3.8) is 0 Å². The Labute approximate surface area is 213 Å². The number of rotatable bonds is 8. The molecule has 0 saturated heterocycles. The molecule has 6 nitrogen and oxygen atoms in total. The van der Waals surface area contributed by atoms with Crippen LogP contribution in [0.5, 0.6) is 5.75 Å². The Balaban J connectivity index is 1.35. The van der Waals surface area contributed by atoms with Crippen molar-refractivity contribution >= 4 is 55.0 Å². The van der Waals surface area contributed by atoms with Gasteiger partial charge in [0.05, 0.1) is 24.2 Å². The van der Waals surface area contributed by atoms with Crippen molar-refractivity contribution in [2.75, 3.05) is 13.2 Å². The first-order valence-corrected chi connectivity index (χ1v) is 12.5. The van der Waals surface area contributed by atoms with E-state index in [0.717, 1.165) is 63.0 Å². The van der Waals surface area contributed by atoms with Crippen LogP contribution >= 0.6 is 0 Å². The lowest BCUT2D eigenvalue weighted by atomic mass is 10.0. The summed E-state index contributed by atoms with van der Waals surface area (Å²) in [6, 6.07) is 21.8. The van der Waals surface area contributed by atoms with E-state index in [9.17, 15) is 9.59 Å². The second-order valence-electron chi connectivity index (χ2n) is 9.39. The summed E-state index contributed by atoms with van der Waals surface area (Å²) < 4.78 is 13.0. The van der Waals surface area contributed by atoms with Gasteiger partial charge in [0, 0.05) is 32.5 Å². The van der Waals surface area contributed by atoms with E-state index in [2.05, 4.69) is 6.58 Å². The summed E-state index contributed by atoms with van der Waals surface area (Å²) >= 11 is 0. The van der Waals surface area contributed by atoms with E-state index in [-0.39, 0.29) is 11.5 Å². The molecule has 6 aromatic rings. The Hall–Kier alpha value is -4.45. The van der Waals surface area contributed by atoms with Crippen molar-refractivity contribution in [1.82, 2.24) is 9.38 Å². The predicted octanol–water partition coefficient (Wildman–Crippen LogP) is 6.41. The van der Waals surface area contributed by atoms with Crippen LogP contribution in [0, 0.1) is 0 Å². The van der Waals surface area contributed by atoms with Gasteiger partial charge in [0.1, 0.15) is 11.4 Å². The molecule has 2 heterocycles. The predicted molar refractivity (Wildman–Crippen MR) is 148 cm³/mol. The highest BCUT2D eigenvalue weighted by molar-refractivity contribution is 6.18. The number of aromatic nitrogens is 2. The molecule has 0 bridgehead atoms. The number of nitrogens with zero attached hydrogens (tertiary/aromatic N) is 2. The van der Waals surface area contributed by atoms with Gasteiger partial charge in [-0.15, -0.1) is 0 Å². The van der Waals surface area contributed by atoms with Crippen LogP contribution in [-0.2, 0) is 9.53 Å². The molecule has 0 fully saturated rings. The van der Waals surface area contributed by atoms with E-state index >= 15 is 0 Å². The smallest absolute Gasteiger partial charge is 0.333 e. The van der Waals surface area contributed by atoms with Gasteiger partial charge < -0.3 is 9.47 Å². The molecule has 0 radical (unpaired) electrons. The second kappa shape index (κ2) is 9.21. The second-order valence-corrected chi connectivity index (χ2v) is 9.39. The number of ether oxygens (including phenoxy) is 2. The van der Waals surface area contributed by atoms with E-state index in [0.29, 0.717) is 29.8 Å². The number of hydrogen-bond acceptors (Lipinski definition) is 5. The molecular weight excluding hydrogens is 464 g/mol. The molecule has 0 atom stereocenters. The minimum Gasteiger partial charge on any atom is -0.493 e. The molecule has 0 aliphatic heterocycles. The maximum atomic E-state index is 13.8. The van der Waals surface area contributed by atoms with Gasteiger partial charge in [-0.2, -0.15) is 0 Å². The molecule has 0 N–H and O–H groups in total. The Bertz CT molecular complexity index is 1880. The first-order chi connectivity index (χ1) is 18.0. The lowest BCUT2D eigenvalue weighted by Gasteiger charge is -2.16. The largest absolute Gasteiger partial charge is 0.493 e. The number of benzene rings is 4. The minimum atomic E-state index is -0.351. The van der Waals surface area contributed by atoms with Gasteiger partial charge in [-0.3, -0.25) is 9.20 Å². The molecule has 0 aliphatic carbocycles. The Morgan fingerprint density at radius 1 is 0.865 bits per heavy atom. The van der Waals surface area contributed by atoms with Gasteiger partial charge in [0.2, 0.25) is 0 Å². The number of unbranched alkanes of at least 4 members (excludes halogenated alkanes) is 2. The molecule has 184 valence electrons. The molecule has 0 aliphatic rings. The SMILES string of the molecule is C=C(C)C(=O)OCCCCCOc1ccc2c3c1cccc3c(=O)n1c3cccc4cccc(nc21)c43. The molecule has 0 unspecified atom stereocenters. The third kappa shape index (κ3) is 3.85. The van der Waals surface area contributed by atoms with Crippen LogP contribution in [-0.4, -0.2) is 28.6 Å². The highest BCUT2D eigenvalue weighted by Gasteiger charge is 2.18. The number of esters is 1. The van der Waals surface area contributed by atoms with Crippen LogP contribution in [0.15, 0.2) is 83.7 Å². The molecule has 0 amide bonds. The van der Waals surface area contributed by atoms with Crippen molar-refractivity contribution in [2.45, 2.75) is 26.2 Å². The van der Waals surface area contributed by atoms with Gasteiger partial charge in [-0.05, 0) is 61.9 Å². The van der Waals surface area contributed by atoms with Crippen molar-refractivity contribution in [3.05, 3.63) is 89.2 Å². The van der Waals surface area contributed by atoms with Gasteiger partial charge in [-0.25, -0.2) is 9.78 Å². The number of pyridine rings is 1. The fraction of sp³-hybridized carbons (Fsp3) is 0.194. The van der Waals surface area contributed by atoms with E-state index in [4.69, 9.17) is 14.5 Å². The third-order valence-corrected chi connectivity index (χ3v) is 6.84. The lowest BCUT2D eigenvalue weighted by molar-refractivity contribution is -0.139. The topological polar surface area (TPSA) is 69.9 Å². The summed E-state index contributed by atoms with van der Waals surface area (Å²) in [5.41, 5.74) is 2.71. The first-order valence-electron chi connectivity index (χ1n) is 12.5. The normalized spacial score (nSPS) is 11.7. The van der Waals surface area contributed by atoms with Crippen LogP contribution < -0.4 is 10.3 Å². The zero-order valence-electron chi connectivity index (χ0n) is 20.6. The number of carbonyl (C=O) groups excluding carboxylic acids is 1. The third-order valence-electron chi connectivity index (χ3n) is 6.84. The summed E-state index contributed by atoms with van der Waals surface area (Å²) in [5.74, 6) is 0.394. The Morgan fingerprint density at radius 2 is 1.62 bits per heavy atom. The quantitative estimate of drug-likeness (QED) is 0.0810. The molecule has 37 heavy (non-hydrogen) atoms. The fourth-order valence-electron chi connectivity index (χ4n) is 5.09. The summed E-state index contributed by atoms with van der Waals surface area (Å²) in [7, 11) is 0. The van der Waals surface area contributed by atoms with Crippen molar-refractivity contribution < 1.29 is 14.3 Å². The highest BCUT2D eigenvalue weighted by atomic mass is 16.5. The Kier molecular flexibility index (Phi) is 5.72. The number of carbonyl (C=O) groups is 1. The first kappa shape index (κ1) is 23.0. The standard InChI is InChI=1S/C31H26N2O4/c1-19(2)31(35)37-18-5-3-4-17-36-26-16-15-22-28-21(26)11-8-12-23(28)30(34)33-25-14-7-10-20-9-6-13-24(27(20)25)32-29(22)33/h6-16H,1,3-5,17-18H2,2H3. The van der Waals surface area contributed by atoms with Gasteiger partial charge >= 0.3 is 5.97 Å². The van der Waals surface area contributed by atoms with Crippen LogP contribution in [0.1, 0.15) is 26.2 Å². The molecule has 2 aromatic heterocycles. The van der Waals surface area contributed by atoms with Gasteiger partial charge in [-0.1, -0.05) is 43.0 Å². The van der Waals surface area contributed by atoms with E-state index < -0.39 is 0 Å².